The van der Waals surface area contributed by atoms with Gasteiger partial charge in [0.05, 0.1) is 30.3 Å². The molecule has 160 valence electrons. The lowest BCUT2D eigenvalue weighted by molar-refractivity contribution is 0.423. The van der Waals surface area contributed by atoms with Gasteiger partial charge in [-0.25, -0.2) is 0 Å². The van der Waals surface area contributed by atoms with Crippen molar-refractivity contribution in [2.45, 2.75) is 0 Å². The third-order valence-corrected chi connectivity index (χ3v) is 11.3. The van der Waals surface area contributed by atoms with Gasteiger partial charge in [-0.3, -0.25) is 0 Å². The lowest BCUT2D eigenvalue weighted by Gasteiger charge is -2.25. The standard InChI is InChI=1S/C29H23NOPS/c1-31-28-25-18-17-21(20-30)19-27(25)33-29(28)24-15-9-10-16-26(24)32(2,22-11-5-3-6-12-22)23-13-7-4-8-14-23/h3-19H,1-2H3/q+1. The first-order valence-electron chi connectivity index (χ1n) is 10.7. The van der Waals surface area contributed by atoms with E-state index in [0.29, 0.717) is 5.56 Å². The van der Waals surface area contributed by atoms with Crippen molar-refractivity contribution in [1.29, 1.82) is 5.26 Å². The number of thiophene rings is 1. The molecular weight excluding hydrogens is 441 g/mol. The Labute approximate surface area is 199 Å². The van der Waals surface area contributed by atoms with E-state index in [1.165, 1.54) is 21.5 Å². The molecule has 0 radical (unpaired) electrons. The highest BCUT2D eigenvalue weighted by Gasteiger charge is 2.42. The summed E-state index contributed by atoms with van der Waals surface area (Å²) in [6, 6.07) is 38.4. The molecule has 4 aromatic carbocycles. The Morgan fingerprint density at radius 1 is 0.788 bits per heavy atom. The first kappa shape index (κ1) is 21.4. The van der Waals surface area contributed by atoms with Gasteiger partial charge in [-0.05, 0) is 54.6 Å². The Morgan fingerprint density at radius 2 is 1.39 bits per heavy atom. The number of hydrogen-bond donors (Lipinski definition) is 0. The van der Waals surface area contributed by atoms with Gasteiger partial charge < -0.3 is 4.74 Å². The fourth-order valence-electron chi connectivity index (χ4n) is 4.46. The molecule has 0 saturated heterocycles. The van der Waals surface area contributed by atoms with Crippen molar-refractivity contribution in [2.75, 3.05) is 13.8 Å². The van der Waals surface area contributed by atoms with Crippen LogP contribution in [0.4, 0.5) is 0 Å². The SMILES string of the molecule is COc1c(-c2ccccc2[P+](C)(c2ccccc2)c2ccccc2)sc2cc(C#N)ccc12. The summed E-state index contributed by atoms with van der Waals surface area (Å²) >= 11 is 1.69. The van der Waals surface area contributed by atoms with Gasteiger partial charge in [0, 0.05) is 15.6 Å². The van der Waals surface area contributed by atoms with Crippen molar-refractivity contribution in [3.8, 4) is 22.3 Å². The van der Waals surface area contributed by atoms with Gasteiger partial charge >= 0.3 is 0 Å². The topological polar surface area (TPSA) is 33.0 Å². The smallest absolute Gasteiger partial charge is 0.145 e. The number of hydrogen-bond acceptors (Lipinski definition) is 3. The highest BCUT2D eigenvalue weighted by atomic mass is 32.1. The maximum atomic E-state index is 9.38. The summed E-state index contributed by atoms with van der Waals surface area (Å²) in [5, 5.41) is 14.4. The number of rotatable bonds is 5. The van der Waals surface area contributed by atoms with E-state index in [9.17, 15) is 5.26 Å². The Balaban J connectivity index is 1.81. The molecule has 1 heterocycles. The second-order valence-electron chi connectivity index (χ2n) is 7.98. The number of nitrogens with zero attached hydrogens (tertiary/aromatic N) is 1. The van der Waals surface area contributed by atoms with E-state index in [-0.39, 0.29) is 0 Å². The van der Waals surface area contributed by atoms with Crippen molar-refractivity contribution >= 4 is 44.6 Å². The maximum Gasteiger partial charge on any atom is 0.145 e. The fourth-order valence-corrected chi connectivity index (χ4v) is 9.23. The minimum absolute atomic E-state index is 0.664. The molecule has 0 atom stereocenters. The van der Waals surface area contributed by atoms with Crippen molar-refractivity contribution in [1.82, 2.24) is 0 Å². The molecule has 0 amide bonds. The molecule has 1 aromatic heterocycles. The largest absolute Gasteiger partial charge is 0.495 e. The van der Waals surface area contributed by atoms with Gasteiger partial charge in [0.15, 0.2) is 0 Å². The minimum atomic E-state index is -1.92. The van der Waals surface area contributed by atoms with Crippen molar-refractivity contribution in [3.05, 3.63) is 109 Å². The van der Waals surface area contributed by atoms with E-state index in [1.807, 2.05) is 18.2 Å². The molecule has 0 fully saturated rings. The van der Waals surface area contributed by atoms with Crippen LogP contribution in [0.15, 0.2) is 103 Å². The Bertz CT molecular complexity index is 1430. The summed E-state index contributed by atoms with van der Waals surface area (Å²) in [5.41, 5.74) is 1.86. The molecule has 4 heteroatoms. The molecule has 0 aliphatic heterocycles. The van der Waals surface area contributed by atoms with Crippen LogP contribution >= 0.6 is 18.6 Å². The van der Waals surface area contributed by atoms with E-state index in [4.69, 9.17) is 4.74 Å². The normalized spacial score (nSPS) is 11.3. The molecule has 0 spiro atoms. The summed E-state index contributed by atoms with van der Waals surface area (Å²) in [6.07, 6.45) is 0. The first-order valence-corrected chi connectivity index (χ1v) is 13.8. The van der Waals surface area contributed by atoms with Gasteiger partial charge in [-0.1, -0.05) is 48.5 Å². The van der Waals surface area contributed by atoms with Crippen LogP contribution in [-0.4, -0.2) is 13.8 Å². The fraction of sp³-hybridized carbons (Fsp3) is 0.0690. The van der Waals surface area contributed by atoms with Crippen LogP contribution in [0, 0.1) is 11.3 Å². The quantitative estimate of drug-likeness (QED) is 0.283. The molecule has 2 nitrogen and oxygen atoms in total. The zero-order valence-corrected chi connectivity index (χ0v) is 20.2. The van der Waals surface area contributed by atoms with Crippen molar-refractivity contribution in [3.63, 3.8) is 0 Å². The van der Waals surface area contributed by atoms with E-state index in [2.05, 4.69) is 97.7 Å². The first-order chi connectivity index (χ1) is 16.2. The second kappa shape index (κ2) is 8.83. The average Bonchev–Trinajstić information content (AvgIpc) is 3.27. The van der Waals surface area contributed by atoms with Crippen LogP contribution in [0.2, 0.25) is 0 Å². The highest BCUT2D eigenvalue weighted by Crippen LogP contribution is 2.55. The molecule has 0 N–H and O–H groups in total. The van der Waals surface area contributed by atoms with Crippen LogP contribution in [-0.2, 0) is 0 Å². The number of benzene rings is 4. The molecular formula is C29H23NOPS+. The third kappa shape index (κ3) is 3.62. The zero-order valence-electron chi connectivity index (χ0n) is 18.5. The average molecular weight is 465 g/mol. The van der Waals surface area contributed by atoms with Gasteiger partial charge in [0.25, 0.3) is 0 Å². The van der Waals surface area contributed by atoms with Crippen molar-refractivity contribution < 1.29 is 4.74 Å². The number of nitriles is 1. The predicted octanol–water partition coefficient (Wildman–Crippen LogP) is 6.37. The van der Waals surface area contributed by atoms with Gasteiger partial charge in [0.1, 0.15) is 28.9 Å². The second-order valence-corrected chi connectivity index (χ2v) is 12.6. The van der Waals surface area contributed by atoms with E-state index >= 15 is 0 Å². The molecule has 0 unspecified atom stereocenters. The third-order valence-electron chi connectivity index (χ3n) is 6.15. The molecule has 5 rings (SSSR count). The Hall–Kier alpha value is -3.44. The Kier molecular flexibility index (Phi) is 5.73. The van der Waals surface area contributed by atoms with Crippen LogP contribution in [0.1, 0.15) is 5.56 Å². The summed E-state index contributed by atoms with van der Waals surface area (Å²) in [5.74, 6) is 0.875. The summed E-state index contributed by atoms with van der Waals surface area (Å²) in [7, 11) is -0.189. The van der Waals surface area contributed by atoms with E-state index in [0.717, 1.165) is 20.7 Å². The summed E-state index contributed by atoms with van der Waals surface area (Å²) in [4.78, 5) is 1.11. The lowest BCUT2D eigenvalue weighted by atomic mass is 10.1. The lowest BCUT2D eigenvalue weighted by Crippen LogP contribution is -2.31. The number of methoxy groups -OCH3 is 1. The molecule has 0 aliphatic rings. The predicted molar refractivity (Wildman–Crippen MR) is 143 cm³/mol. The zero-order chi connectivity index (χ0) is 22.8. The van der Waals surface area contributed by atoms with Crippen molar-refractivity contribution in [2.24, 2.45) is 0 Å². The number of ether oxygens (including phenoxy) is 1. The molecule has 0 aliphatic carbocycles. The number of fused-ring (bicyclic) bond motifs is 1. The Morgan fingerprint density at radius 3 is 2.00 bits per heavy atom. The van der Waals surface area contributed by atoms with E-state index in [1.54, 1.807) is 18.4 Å². The van der Waals surface area contributed by atoms with Gasteiger partial charge in [-0.15, -0.1) is 11.3 Å². The summed E-state index contributed by atoms with van der Waals surface area (Å²) < 4.78 is 7.01. The van der Waals surface area contributed by atoms with Gasteiger partial charge in [-0.2, -0.15) is 5.26 Å². The van der Waals surface area contributed by atoms with Crippen LogP contribution < -0.4 is 20.7 Å². The molecule has 0 bridgehead atoms. The van der Waals surface area contributed by atoms with Crippen LogP contribution in [0.3, 0.4) is 0 Å². The van der Waals surface area contributed by atoms with Crippen LogP contribution in [0.5, 0.6) is 5.75 Å². The highest BCUT2D eigenvalue weighted by molar-refractivity contribution is 7.95. The minimum Gasteiger partial charge on any atom is -0.495 e. The van der Waals surface area contributed by atoms with Gasteiger partial charge in [0.2, 0.25) is 0 Å². The van der Waals surface area contributed by atoms with E-state index < -0.39 is 7.26 Å². The monoisotopic (exact) mass is 464 g/mol. The van der Waals surface area contributed by atoms with Crippen LogP contribution in [0.25, 0.3) is 20.5 Å². The molecule has 33 heavy (non-hydrogen) atoms. The summed E-state index contributed by atoms with van der Waals surface area (Å²) in [6.45, 7) is 2.41. The molecule has 5 aromatic rings. The maximum absolute atomic E-state index is 9.38. The molecule has 0 saturated carbocycles.